The first-order valence-corrected chi connectivity index (χ1v) is 12.0. The van der Waals surface area contributed by atoms with Crippen LogP contribution >= 0.6 is 11.6 Å². The topological polar surface area (TPSA) is 66.5 Å². The second-order valence-corrected chi connectivity index (χ2v) is 9.76. The maximum Gasteiger partial charge on any atom is 0.244 e. The van der Waals surface area contributed by atoms with Gasteiger partial charge >= 0.3 is 0 Å². The second kappa shape index (κ2) is 9.78. The van der Waals surface area contributed by atoms with Crippen molar-refractivity contribution in [3.05, 3.63) is 28.8 Å². The summed E-state index contributed by atoms with van der Waals surface area (Å²) in [4.78, 5) is 13.0. The molecule has 2 rings (SSSR count). The van der Waals surface area contributed by atoms with Gasteiger partial charge in [-0.05, 0) is 43.9 Å². The molecule has 1 aromatic carbocycles. The van der Waals surface area contributed by atoms with Crippen LogP contribution in [0.3, 0.4) is 0 Å². The molecular formula is C20H31ClN2O3S. The van der Waals surface area contributed by atoms with E-state index in [0.29, 0.717) is 17.1 Å². The van der Waals surface area contributed by atoms with Crippen molar-refractivity contribution < 1.29 is 13.2 Å². The summed E-state index contributed by atoms with van der Waals surface area (Å²) in [5.41, 5.74) is 1.23. The molecule has 0 heterocycles. The molecule has 1 aromatic rings. The Balaban J connectivity index is 2.29. The van der Waals surface area contributed by atoms with Gasteiger partial charge in [0.2, 0.25) is 15.9 Å². The molecule has 1 N–H and O–H groups in total. The molecule has 1 fully saturated rings. The van der Waals surface area contributed by atoms with E-state index < -0.39 is 16.1 Å². The van der Waals surface area contributed by atoms with Gasteiger partial charge in [-0.25, -0.2) is 8.42 Å². The molecule has 7 heteroatoms. The number of nitrogens with one attached hydrogen (secondary N) is 1. The minimum absolute atomic E-state index is 0.119. The monoisotopic (exact) mass is 414 g/mol. The standard InChI is InChI=1S/C20H31ClN2O3S/c1-4-18(20(24)22-17-10-8-6-5-7-9-11-17)23(27(3,25)26)19-14-16(21)13-12-15(19)2/h12-14,17-18H,4-11H2,1-3H3,(H,22,24). The Hall–Kier alpha value is -1.27. The fourth-order valence-corrected chi connectivity index (χ4v) is 5.18. The minimum Gasteiger partial charge on any atom is -0.352 e. The summed E-state index contributed by atoms with van der Waals surface area (Å²) in [7, 11) is -3.65. The van der Waals surface area contributed by atoms with E-state index in [9.17, 15) is 13.2 Å². The van der Waals surface area contributed by atoms with Crippen LogP contribution in [0.25, 0.3) is 0 Å². The van der Waals surface area contributed by atoms with E-state index in [2.05, 4.69) is 5.32 Å². The lowest BCUT2D eigenvalue weighted by molar-refractivity contribution is -0.123. The molecule has 1 unspecified atom stereocenters. The highest BCUT2D eigenvalue weighted by molar-refractivity contribution is 7.92. The number of anilines is 1. The van der Waals surface area contributed by atoms with Crippen LogP contribution in [0.2, 0.25) is 5.02 Å². The molecule has 1 aliphatic carbocycles. The zero-order chi connectivity index (χ0) is 20.0. The number of nitrogens with zero attached hydrogens (tertiary/aromatic N) is 1. The van der Waals surface area contributed by atoms with E-state index >= 15 is 0 Å². The Morgan fingerprint density at radius 2 is 1.81 bits per heavy atom. The molecule has 0 bridgehead atoms. The summed E-state index contributed by atoms with van der Waals surface area (Å²) >= 11 is 6.11. The zero-order valence-electron chi connectivity index (χ0n) is 16.5. The summed E-state index contributed by atoms with van der Waals surface area (Å²) in [6, 6.07) is 4.44. The molecule has 0 aromatic heterocycles. The van der Waals surface area contributed by atoms with Crippen LogP contribution in [-0.2, 0) is 14.8 Å². The molecule has 0 spiro atoms. The lowest BCUT2D eigenvalue weighted by Gasteiger charge is -2.33. The largest absolute Gasteiger partial charge is 0.352 e. The van der Waals surface area contributed by atoms with E-state index in [4.69, 9.17) is 11.6 Å². The molecule has 5 nitrogen and oxygen atoms in total. The van der Waals surface area contributed by atoms with Crippen molar-refractivity contribution in [2.24, 2.45) is 0 Å². The second-order valence-electron chi connectivity index (χ2n) is 7.46. The first-order valence-electron chi connectivity index (χ1n) is 9.80. The molecule has 152 valence electrons. The third-order valence-corrected chi connectivity index (χ3v) is 6.59. The number of hydrogen-bond acceptors (Lipinski definition) is 3. The van der Waals surface area contributed by atoms with Crippen molar-refractivity contribution >= 4 is 33.2 Å². The quantitative estimate of drug-likeness (QED) is 0.749. The molecule has 1 atom stereocenters. The van der Waals surface area contributed by atoms with Gasteiger partial charge in [-0.15, -0.1) is 0 Å². The van der Waals surface area contributed by atoms with Crippen molar-refractivity contribution in [2.45, 2.75) is 77.3 Å². The van der Waals surface area contributed by atoms with Crippen LogP contribution < -0.4 is 9.62 Å². The third-order valence-electron chi connectivity index (χ3n) is 5.19. The van der Waals surface area contributed by atoms with Crippen LogP contribution in [-0.4, -0.2) is 32.7 Å². The molecule has 1 saturated carbocycles. The Bertz CT molecular complexity index is 744. The summed E-state index contributed by atoms with van der Waals surface area (Å²) in [6.07, 6.45) is 9.29. The number of carbonyl (C=O) groups excluding carboxylic acids is 1. The zero-order valence-corrected chi connectivity index (χ0v) is 18.1. The number of hydrogen-bond donors (Lipinski definition) is 1. The molecule has 1 aliphatic rings. The Morgan fingerprint density at radius 1 is 1.22 bits per heavy atom. The number of rotatable bonds is 6. The molecule has 0 radical (unpaired) electrons. The van der Waals surface area contributed by atoms with Crippen molar-refractivity contribution in [3.63, 3.8) is 0 Å². The van der Waals surface area contributed by atoms with Crippen molar-refractivity contribution in [2.75, 3.05) is 10.6 Å². The Kier molecular flexibility index (Phi) is 7.98. The average molecular weight is 415 g/mol. The first kappa shape index (κ1) is 22.0. The fourth-order valence-electron chi connectivity index (χ4n) is 3.75. The Morgan fingerprint density at radius 3 is 2.37 bits per heavy atom. The van der Waals surface area contributed by atoms with Crippen molar-refractivity contribution in [1.29, 1.82) is 0 Å². The summed E-state index contributed by atoms with van der Waals surface area (Å²) in [5, 5.41) is 3.56. The summed E-state index contributed by atoms with van der Waals surface area (Å²) < 4.78 is 26.4. The highest BCUT2D eigenvalue weighted by atomic mass is 35.5. The van der Waals surface area contributed by atoms with Crippen LogP contribution in [0.5, 0.6) is 0 Å². The van der Waals surface area contributed by atoms with Crippen LogP contribution in [0, 0.1) is 6.92 Å². The molecule has 1 amide bonds. The highest BCUT2D eigenvalue weighted by Gasteiger charge is 2.33. The van der Waals surface area contributed by atoms with Crippen LogP contribution in [0.4, 0.5) is 5.69 Å². The predicted octanol–water partition coefficient (Wildman–Crippen LogP) is 4.42. The third kappa shape index (κ3) is 6.11. The van der Waals surface area contributed by atoms with Gasteiger partial charge in [0.25, 0.3) is 0 Å². The van der Waals surface area contributed by atoms with Crippen LogP contribution in [0.15, 0.2) is 18.2 Å². The number of sulfonamides is 1. The maximum atomic E-state index is 13.0. The smallest absolute Gasteiger partial charge is 0.244 e. The number of benzene rings is 1. The highest BCUT2D eigenvalue weighted by Crippen LogP contribution is 2.29. The molecule has 27 heavy (non-hydrogen) atoms. The molecular weight excluding hydrogens is 384 g/mol. The van der Waals surface area contributed by atoms with Gasteiger partial charge in [0.05, 0.1) is 11.9 Å². The lowest BCUT2D eigenvalue weighted by Crippen LogP contribution is -2.51. The Labute approximate surface area is 168 Å². The average Bonchev–Trinajstić information content (AvgIpc) is 2.56. The van der Waals surface area contributed by atoms with E-state index in [1.54, 1.807) is 18.2 Å². The van der Waals surface area contributed by atoms with E-state index in [0.717, 1.165) is 37.5 Å². The fraction of sp³-hybridized carbons (Fsp3) is 0.650. The number of aryl methyl sites for hydroxylation is 1. The van der Waals surface area contributed by atoms with Gasteiger partial charge in [0.1, 0.15) is 6.04 Å². The van der Waals surface area contributed by atoms with Crippen molar-refractivity contribution in [1.82, 2.24) is 5.32 Å². The van der Waals surface area contributed by atoms with Gasteiger partial charge in [0, 0.05) is 11.1 Å². The summed E-state index contributed by atoms with van der Waals surface area (Å²) in [6.45, 7) is 3.66. The van der Waals surface area contributed by atoms with Gasteiger partial charge < -0.3 is 5.32 Å². The van der Waals surface area contributed by atoms with Crippen LogP contribution in [0.1, 0.15) is 63.9 Å². The summed E-state index contributed by atoms with van der Waals surface area (Å²) in [5.74, 6) is -0.229. The van der Waals surface area contributed by atoms with E-state index in [-0.39, 0.29) is 11.9 Å². The molecule has 0 saturated heterocycles. The molecule has 0 aliphatic heterocycles. The maximum absolute atomic E-state index is 13.0. The number of halogens is 1. The normalized spacial score (nSPS) is 17.6. The van der Waals surface area contributed by atoms with Gasteiger partial charge in [0.15, 0.2) is 0 Å². The number of carbonyl (C=O) groups is 1. The van der Waals surface area contributed by atoms with Gasteiger partial charge in [-0.3, -0.25) is 9.10 Å². The SMILES string of the molecule is CCC(C(=O)NC1CCCCCCC1)N(c1cc(Cl)ccc1C)S(C)(=O)=O. The van der Waals surface area contributed by atoms with Crippen molar-refractivity contribution in [3.8, 4) is 0 Å². The first-order chi connectivity index (χ1) is 12.7. The number of amides is 1. The lowest BCUT2D eigenvalue weighted by atomic mass is 9.96. The van der Waals surface area contributed by atoms with E-state index in [1.165, 1.54) is 23.6 Å². The minimum atomic E-state index is -3.65. The predicted molar refractivity (Wildman–Crippen MR) is 112 cm³/mol. The van der Waals surface area contributed by atoms with E-state index in [1.807, 2.05) is 13.8 Å². The van der Waals surface area contributed by atoms with Gasteiger partial charge in [-0.1, -0.05) is 56.7 Å². The van der Waals surface area contributed by atoms with Gasteiger partial charge in [-0.2, -0.15) is 0 Å².